The summed E-state index contributed by atoms with van der Waals surface area (Å²) in [6, 6.07) is 6.90. The highest BCUT2D eigenvalue weighted by Gasteiger charge is 2.34. The van der Waals surface area contributed by atoms with Gasteiger partial charge >= 0.3 is 5.97 Å². The molecule has 1 aromatic heterocycles. The summed E-state index contributed by atoms with van der Waals surface area (Å²) in [5.74, 6) is 0.207. The number of ether oxygens (including phenoxy) is 3. The van der Waals surface area contributed by atoms with Crippen LogP contribution >= 0.6 is 23.2 Å². The number of pyridine rings is 1. The van der Waals surface area contributed by atoms with Crippen molar-refractivity contribution in [2.75, 3.05) is 25.2 Å². The number of benzene rings is 1. The highest BCUT2D eigenvalue weighted by molar-refractivity contribution is 6.32. The lowest BCUT2D eigenvalue weighted by Gasteiger charge is -2.34. The van der Waals surface area contributed by atoms with Crippen molar-refractivity contribution in [3.63, 3.8) is 0 Å². The van der Waals surface area contributed by atoms with Gasteiger partial charge in [-0.25, -0.2) is 0 Å². The number of amides is 1. The van der Waals surface area contributed by atoms with Crippen LogP contribution in [0.2, 0.25) is 10.0 Å². The van der Waals surface area contributed by atoms with E-state index in [1.165, 1.54) is 12.0 Å². The number of carbonyl (C=O) groups is 2. The van der Waals surface area contributed by atoms with Gasteiger partial charge in [-0.05, 0) is 31.0 Å². The lowest BCUT2D eigenvalue weighted by molar-refractivity contribution is -0.140. The maximum atomic E-state index is 12.3. The van der Waals surface area contributed by atoms with Crippen molar-refractivity contribution in [2.24, 2.45) is 0 Å². The van der Waals surface area contributed by atoms with Gasteiger partial charge in [0.2, 0.25) is 0 Å². The van der Waals surface area contributed by atoms with Gasteiger partial charge in [-0.2, -0.15) is 0 Å². The number of esters is 1. The largest absolute Gasteiger partial charge is 0.481 e. The maximum Gasteiger partial charge on any atom is 0.307 e. The molecule has 0 saturated carbocycles. The van der Waals surface area contributed by atoms with Gasteiger partial charge in [0.15, 0.2) is 12.2 Å². The molecule has 0 spiro atoms. The van der Waals surface area contributed by atoms with Crippen LogP contribution in [0.4, 0.5) is 5.69 Å². The van der Waals surface area contributed by atoms with E-state index < -0.39 is 11.6 Å². The molecule has 0 saturated heterocycles. The smallest absolute Gasteiger partial charge is 0.307 e. The number of anilines is 1. The standard InChI is InChI=1S/C22H24Cl2N2O5/c1-4-22(5-2,19-7-6-14(23)12-25-19)31-17-11-18-16(10-15(17)24)26(20(27)13-30-18)9-8-21(28)29-3/h6-7,10-12H,4-5,8-9,13H2,1-3H3. The molecule has 0 atom stereocenters. The number of aromatic nitrogens is 1. The molecule has 1 aliphatic heterocycles. The van der Waals surface area contributed by atoms with E-state index in [4.69, 9.17) is 32.7 Å². The summed E-state index contributed by atoms with van der Waals surface area (Å²) in [5, 5.41) is 0.863. The Morgan fingerprint density at radius 2 is 2.00 bits per heavy atom. The summed E-state index contributed by atoms with van der Waals surface area (Å²) in [5.41, 5.74) is 0.518. The monoisotopic (exact) mass is 466 g/mol. The van der Waals surface area contributed by atoms with Crippen LogP contribution < -0.4 is 14.4 Å². The molecule has 0 radical (unpaired) electrons. The third kappa shape index (κ3) is 4.88. The van der Waals surface area contributed by atoms with E-state index in [0.29, 0.717) is 40.1 Å². The minimum absolute atomic E-state index is 0.0641. The van der Waals surface area contributed by atoms with Crippen LogP contribution in [0, 0.1) is 0 Å². The lowest BCUT2D eigenvalue weighted by Crippen LogP contribution is -2.40. The Bertz CT molecular complexity index is 961. The van der Waals surface area contributed by atoms with Crippen LogP contribution in [0.15, 0.2) is 30.5 Å². The fourth-order valence-corrected chi connectivity index (χ4v) is 3.80. The Morgan fingerprint density at radius 3 is 2.61 bits per heavy atom. The van der Waals surface area contributed by atoms with Gasteiger partial charge in [0, 0.05) is 18.8 Å². The zero-order valence-corrected chi connectivity index (χ0v) is 19.1. The molecule has 0 N–H and O–H groups in total. The average Bonchev–Trinajstić information content (AvgIpc) is 2.78. The molecule has 0 aliphatic carbocycles. The minimum Gasteiger partial charge on any atom is -0.481 e. The zero-order chi connectivity index (χ0) is 22.6. The van der Waals surface area contributed by atoms with Crippen molar-refractivity contribution in [2.45, 2.75) is 38.7 Å². The van der Waals surface area contributed by atoms with Crippen molar-refractivity contribution < 1.29 is 23.8 Å². The van der Waals surface area contributed by atoms with Crippen molar-refractivity contribution in [1.29, 1.82) is 0 Å². The highest BCUT2D eigenvalue weighted by Crippen LogP contribution is 2.44. The number of nitrogens with zero attached hydrogens (tertiary/aromatic N) is 2. The number of carbonyl (C=O) groups excluding carboxylic acids is 2. The zero-order valence-electron chi connectivity index (χ0n) is 17.6. The molecule has 1 amide bonds. The molecule has 1 aromatic carbocycles. The van der Waals surface area contributed by atoms with Crippen LogP contribution in [0.25, 0.3) is 0 Å². The van der Waals surface area contributed by atoms with Gasteiger partial charge in [0.25, 0.3) is 5.91 Å². The maximum absolute atomic E-state index is 12.3. The Labute approximate surface area is 191 Å². The minimum atomic E-state index is -0.711. The summed E-state index contributed by atoms with van der Waals surface area (Å²) in [6.07, 6.45) is 2.95. The summed E-state index contributed by atoms with van der Waals surface area (Å²) in [6.45, 7) is 4.05. The molecule has 7 nitrogen and oxygen atoms in total. The normalized spacial score (nSPS) is 13.5. The molecule has 9 heteroatoms. The van der Waals surface area contributed by atoms with Gasteiger partial charge in [0.1, 0.15) is 11.5 Å². The van der Waals surface area contributed by atoms with Gasteiger partial charge in [-0.3, -0.25) is 14.6 Å². The first-order chi connectivity index (χ1) is 14.8. The second kappa shape index (κ2) is 9.75. The van der Waals surface area contributed by atoms with Crippen molar-refractivity contribution in [3.8, 4) is 11.5 Å². The lowest BCUT2D eigenvalue weighted by atomic mass is 9.92. The molecule has 2 aromatic rings. The Morgan fingerprint density at radius 1 is 1.26 bits per heavy atom. The summed E-state index contributed by atoms with van der Waals surface area (Å²) >= 11 is 12.5. The Hall–Kier alpha value is -2.51. The number of hydrogen-bond acceptors (Lipinski definition) is 6. The first-order valence-electron chi connectivity index (χ1n) is 9.98. The van der Waals surface area contributed by atoms with E-state index in [-0.39, 0.29) is 25.5 Å². The molecule has 31 heavy (non-hydrogen) atoms. The average molecular weight is 467 g/mol. The van der Waals surface area contributed by atoms with Gasteiger partial charge in [0.05, 0.1) is 35.0 Å². The third-order valence-electron chi connectivity index (χ3n) is 5.37. The Kier molecular flexibility index (Phi) is 7.28. The van der Waals surface area contributed by atoms with Crippen LogP contribution in [-0.4, -0.2) is 37.1 Å². The van der Waals surface area contributed by atoms with E-state index in [0.717, 1.165) is 5.69 Å². The van der Waals surface area contributed by atoms with Crippen molar-refractivity contribution in [3.05, 3.63) is 46.2 Å². The van der Waals surface area contributed by atoms with Crippen molar-refractivity contribution in [1.82, 2.24) is 4.98 Å². The fraction of sp³-hybridized carbons (Fsp3) is 0.409. The number of fused-ring (bicyclic) bond motifs is 1. The molecule has 0 bridgehead atoms. The third-order valence-corrected chi connectivity index (χ3v) is 5.88. The van der Waals surface area contributed by atoms with Gasteiger partial charge in [-0.15, -0.1) is 0 Å². The van der Waals surface area contributed by atoms with E-state index >= 15 is 0 Å². The molecule has 166 valence electrons. The highest BCUT2D eigenvalue weighted by atomic mass is 35.5. The predicted octanol–water partition coefficient (Wildman–Crippen LogP) is 4.77. The summed E-state index contributed by atoms with van der Waals surface area (Å²) in [4.78, 5) is 29.8. The van der Waals surface area contributed by atoms with Gasteiger partial charge < -0.3 is 19.1 Å². The van der Waals surface area contributed by atoms with Crippen LogP contribution in [0.3, 0.4) is 0 Å². The van der Waals surface area contributed by atoms with E-state index in [1.807, 2.05) is 19.9 Å². The van der Waals surface area contributed by atoms with Crippen LogP contribution in [-0.2, 0) is 19.9 Å². The number of halogens is 2. The van der Waals surface area contributed by atoms with E-state index in [9.17, 15) is 9.59 Å². The number of methoxy groups -OCH3 is 1. The fourth-order valence-electron chi connectivity index (χ4n) is 3.50. The number of rotatable bonds is 8. The SMILES string of the molecule is CCC(CC)(Oc1cc2c(cc1Cl)N(CCC(=O)OC)C(=O)CO2)c1ccc(Cl)cn1. The summed E-state index contributed by atoms with van der Waals surface area (Å²) in [7, 11) is 1.31. The van der Waals surface area contributed by atoms with Crippen LogP contribution in [0.1, 0.15) is 38.8 Å². The molecule has 0 fully saturated rings. The topological polar surface area (TPSA) is 78.0 Å². The van der Waals surface area contributed by atoms with E-state index in [1.54, 1.807) is 24.4 Å². The molecule has 0 unspecified atom stereocenters. The molecular formula is C22H24Cl2N2O5. The van der Waals surface area contributed by atoms with Gasteiger partial charge in [-0.1, -0.05) is 37.0 Å². The second-order valence-corrected chi connectivity index (χ2v) is 7.92. The number of hydrogen-bond donors (Lipinski definition) is 0. The molecular weight excluding hydrogens is 443 g/mol. The molecule has 1 aliphatic rings. The van der Waals surface area contributed by atoms with Crippen LogP contribution in [0.5, 0.6) is 11.5 Å². The predicted molar refractivity (Wildman–Crippen MR) is 118 cm³/mol. The Balaban J connectivity index is 1.93. The summed E-state index contributed by atoms with van der Waals surface area (Å²) < 4.78 is 16.7. The van der Waals surface area contributed by atoms with E-state index in [2.05, 4.69) is 9.72 Å². The molecule has 2 heterocycles. The second-order valence-electron chi connectivity index (χ2n) is 7.08. The first-order valence-corrected chi connectivity index (χ1v) is 10.7. The quantitative estimate of drug-likeness (QED) is 0.521. The molecule has 3 rings (SSSR count). The first kappa shape index (κ1) is 23.2. The van der Waals surface area contributed by atoms with Crippen molar-refractivity contribution >= 4 is 40.8 Å².